The summed E-state index contributed by atoms with van der Waals surface area (Å²) in [5, 5.41) is 0. The lowest BCUT2D eigenvalue weighted by Crippen LogP contribution is -1.90. The van der Waals surface area contributed by atoms with Gasteiger partial charge in [0.25, 0.3) is 0 Å². The topological polar surface area (TPSA) is 0 Å². The van der Waals surface area contributed by atoms with E-state index in [1.54, 1.807) is 18.2 Å². The molecule has 0 spiro atoms. The van der Waals surface area contributed by atoms with Crippen molar-refractivity contribution in [2.75, 3.05) is 0 Å². The molecule has 2 aromatic carbocycles. The van der Waals surface area contributed by atoms with Crippen molar-refractivity contribution >= 4 is 0 Å². The molecule has 0 aliphatic carbocycles. The Bertz CT molecular complexity index is 501. The van der Waals surface area contributed by atoms with Gasteiger partial charge in [0.15, 0.2) is 0 Å². The van der Waals surface area contributed by atoms with E-state index in [1.807, 2.05) is 13.0 Å². The zero-order valence-electron chi connectivity index (χ0n) is 9.71. The quantitative estimate of drug-likeness (QED) is 0.726. The Kier molecular flexibility index (Phi) is 3.52. The number of aryl methyl sites for hydroxylation is 1. The monoisotopic (exact) mass is 232 g/mol. The Balaban J connectivity index is 2.39. The average Bonchev–Trinajstić information content (AvgIpc) is 2.33. The number of hydrogen-bond acceptors (Lipinski definition) is 0. The van der Waals surface area contributed by atoms with E-state index in [1.165, 1.54) is 18.2 Å². The summed E-state index contributed by atoms with van der Waals surface area (Å²) >= 11 is 0. The molecule has 2 heteroatoms. The SMILES string of the molecule is CCCc1cc(-c2ccc(F)cc2)ccc1F. The first-order valence-electron chi connectivity index (χ1n) is 5.75. The van der Waals surface area contributed by atoms with Gasteiger partial charge >= 0.3 is 0 Å². The summed E-state index contributed by atoms with van der Waals surface area (Å²) in [6, 6.07) is 11.3. The fraction of sp³-hybridized carbons (Fsp3) is 0.200. The zero-order chi connectivity index (χ0) is 12.3. The van der Waals surface area contributed by atoms with E-state index in [9.17, 15) is 8.78 Å². The number of benzene rings is 2. The summed E-state index contributed by atoms with van der Waals surface area (Å²) in [5.74, 6) is -0.428. The number of rotatable bonds is 3. The second kappa shape index (κ2) is 5.09. The first-order chi connectivity index (χ1) is 8.20. The Labute approximate surface area is 99.9 Å². The molecule has 88 valence electrons. The van der Waals surface area contributed by atoms with Crippen LogP contribution < -0.4 is 0 Å². The van der Waals surface area contributed by atoms with Crippen LogP contribution >= 0.6 is 0 Å². The van der Waals surface area contributed by atoms with Crippen LogP contribution in [0.3, 0.4) is 0 Å². The fourth-order valence-electron chi connectivity index (χ4n) is 1.86. The molecule has 0 aliphatic heterocycles. The minimum Gasteiger partial charge on any atom is -0.207 e. The molecule has 2 aromatic rings. The third-order valence-electron chi connectivity index (χ3n) is 2.74. The maximum absolute atomic E-state index is 13.5. The van der Waals surface area contributed by atoms with Crippen molar-refractivity contribution < 1.29 is 8.78 Å². The number of halogens is 2. The lowest BCUT2D eigenvalue weighted by molar-refractivity contribution is 0.607. The lowest BCUT2D eigenvalue weighted by atomic mass is 10.0. The molecule has 0 fully saturated rings. The largest absolute Gasteiger partial charge is 0.207 e. The molecule has 0 nitrogen and oxygen atoms in total. The van der Waals surface area contributed by atoms with E-state index in [2.05, 4.69) is 0 Å². The van der Waals surface area contributed by atoms with Crippen molar-refractivity contribution in [1.29, 1.82) is 0 Å². The van der Waals surface area contributed by atoms with Crippen molar-refractivity contribution in [3.63, 3.8) is 0 Å². The summed E-state index contributed by atoms with van der Waals surface area (Å²) in [7, 11) is 0. The van der Waals surface area contributed by atoms with Crippen molar-refractivity contribution in [1.82, 2.24) is 0 Å². The van der Waals surface area contributed by atoms with Gasteiger partial charge in [-0.1, -0.05) is 31.5 Å². The Hall–Kier alpha value is -1.70. The van der Waals surface area contributed by atoms with Crippen LogP contribution in [0.2, 0.25) is 0 Å². The van der Waals surface area contributed by atoms with Gasteiger partial charge < -0.3 is 0 Å². The number of hydrogen-bond donors (Lipinski definition) is 0. The van der Waals surface area contributed by atoms with Crippen LogP contribution in [-0.2, 0) is 6.42 Å². The van der Waals surface area contributed by atoms with E-state index in [4.69, 9.17) is 0 Å². The molecule has 0 atom stereocenters. The van der Waals surface area contributed by atoms with Gasteiger partial charge in [-0.3, -0.25) is 0 Å². The standard InChI is InChI=1S/C15H14F2/c1-2-3-13-10-12(6-9-15(13)17)11-4-7-14(16)8-5-11/h4-10H,2-3H2,1H3. The minimum atomic E-state index is -0.260. The van der Waals surface area contributed by atoms with Gasteiger partial charge in [0.2, 0.25) is 0 Å². The molecule has 0 N–H and O–H groups in total. The van der Waals surface area contributed by atoms with Crippen molar-refractivity contribution in [2.45, 2.75) is 19.8 Å². The van der Waals surface area contributed by atoms with E-state index in [-0.39, 0.29) is 11.6 Å². The molecular weight excluding hydrogens is 218 g/mol. The summed E-state index contributed by atoms with van der Waals surface area (Å²) in [6.07, 6.45) is 1.63. The first kappa shape index (κ1) is 11.8. The highest BCUT2D eigenvalue weighted by Crippen LogP contribution is 2.23. The maximum atomic E-state index is 13.5. The summed E-state index contributed by atoms with van der Waals surface area (Å²) in [5.41, 5.74) is 2.55. The Morgan fingerprint density at radius 3 is 2.18 bits per heavy atom. The average molecular weight is 232 g/mol. The fourth-order valence-corrected chi connectivity index (χ4v) is 1.86. The lowest BCUT2D eigenvalue weighted by Gasteiger charge is -2.06. The van der Waals surface area contributed by atoms with Crippen molar-refractivity contribution in [3.8, 4) is 11.1 Å². The van der Waals surface area contributed by atoms with E-state index in [0.717, 1.165) is 24.0 Å². The Morgan fingerprint density at radius 2 is 1.53 bits per heavy atom. The highest BCUT2D eigenvalue weighted by atomic mass is 19.1. The third kappa shape index (κ3) is 2.70. The molecule has 0 bridgehead atoms. The van der Waals surface area contributed by atoms with E-state index < -0.39 is 0 Å². The third-order valence-corrected chi connectivity index (χ3v) is 2.74. The minimum absolute atomic E-state index is 0.169. The predicted molar refractivity (Wildman–Crippen MR) is 65.8 cm³/mol. The molecule has 0 amide bonds. The molecule has 0 aliphatic rings. The highest BCUT2D eigenvalue weighted by molar-refractivity contribution is 5.64. The second-order valence-electron chi connectivity index (χ2n) is 4.06. The molecule has 0 saturated heterocycles. The van der Waals surface area contributed by atoms with Gasteiger partial charge in [-0.25, -0.2) is 8.78 Å². The maximum Gasteiger partial charge on any atom is 0.126 e. The van der Waals surface area contributed by atoms with Crippen molar-refractivity contribution in [2.24, 2.45) is 0 Å². The summed E-state index contributed by atoms with van der Waals surface area (Å²) in [4.78, 5) is 0. The highest BCUT2D eigenvalue weighted by Gasteiger charge is 2.04. The van der Waals surface area contributed by atoms with E-state index in [0.29, 0.717) is 5.56 Å². The Morgan fingerprint density at radius 1 is 0.882 bits per heavy atom. The first-order valence-corrected chi connectivity index (χ1v) is 5.75. The smallest absolute Gasteiger partial charge is 0.126 e. The summed E-state index contributed by atoms with van der Waals surface area (Å²) in [6.45, 7) is 2.02. The van der Waals surface area contributed by atoms with Gasteiger partial charge in [0, 0.05) is 0 Å². The molecular formula is C15H14F2. The van der Waals surface area contributed by atoms with Gasteiger partial charge in [-0.2, -0.15) is 0 Å². The molecule has 17 heavy (non-hydrogen) atoms. The molecule has 2 rings (SSSR count). The normalized spacial score (nSPS) is 10.5. The van der Waals surface area contributed by atoms with Crippen LogP contribution in [-0.4, -0.2) is 0 Å². The molecule has 0 unspecified atom stereocenters. The van der Waals surface area contributed by atoms with Crippen LogP contribution in [0.1, 0.15) is 18.9 Å². The summed E-state index contributed by atoms with van der Waals surface area (Å²) < 4.78 is 26.3. The zero-order valence-corrected chi connectivity index (χ0v) is 9.71. The van der Waals surface area contributed by atoms with Crippen LogP contribution in [0.5, 0.6) is 0 Å². The van der Waals surface area contributed by atoms with Gasteiger partial charge in [-0.05, 0) is 47.4 Å². The molecule has 0 radical (unpaired) electrons. The van der Waals surface area contributed by atoms with Gasteiger partial charge in [-0.15, -0.1) is 0 Å². The van der Waals surface area contributed by atoms with Crippen LogP contribution in [0.15, 0.2) is 42.5 Å². The second-order valence-corrected chi connectivity index (χ2v) is 4.06. The van der Waals surface area contributed by atoms with E-state index >= 15 is 0 Å². The van der Waals surface area contributed by atoms with Crippen molar-refractivity contribution in [3.05, 3.63) is 59.7 Å². The molecule has 0 aromatic heterocycles. The van der Waals surface area contributed by atoms with Gasteiger partial charge in [0.05, 0.1) is 0 Å². The van der Waals surface area contributed by atoms with Gasteiger partial charge in [0.1, 0.15) is 11.6 Å². The molecule has 0 heterocycles. The van der Waals surface area contributed by atoms with Crippen LogP contribution in [0.4, 0.5) is 8.78 Å². The van der Waals surface area contributed by atoms with Crippen LogP contribution in [0, 0.1) is 11.6 Å². The predicted octanol–water partition coefficient (Wildman–Crippen LogP) is 4.58. The van der Waals surface area contributed by atoms with Crippen LogP contribution in [0.25, 0.3) is 11.1 Å². The molecule has 0 saturated carbocycles.